The molecule has 0 heterocycles. The van der Waals surface area contributed by atoms with Crippen LogP contribution in [0.4, 0.5) is 0 Å². The van der Waals surface area contributed by atoms with Crippen molar-refractivity contribution in [3.8, 4) is 5.75 Å². The number of nitrogens with two attached hydrogens (primary N) is 1. The van der Waals surface area contributed by atoms with Crippen LogP contribution >= 0.6 is 0 Å². The number of carboxylic acid groups (broad SMARTS) is 2. The molecule has 0 aliphatic carbocycles. The molecule has 0 aliphatic heterocycles. The molecule has 0 spiro atoms. The molecule has 0 fully saturated rings. The Kier molecular flexibility index (Phi) is 11.8. The zero-order valence-electron chi connectivity index (χ0n) is 20.3. The Balaban J connectivity index is 3.10. The first-order chi connectivity index (χ1) is 16.7. The van der Waals surface area contributed by atoms with Crippen LogP contribution in [-0.4, -0.2) is 80.4 Å². The molecule has 13 nitrogen and oxygen atoms in total. The van der Waals surface area contributed by atoms with Crippen LogP contribution in [0.5, 0.6) is 5.75 Å². The average Bonchev–Trinajstić information content (AvgIpc) is 2.79. The molecule has 36 heavy (non-hydrogen) atoms. The highest BCUT2D eigenvalue weighted by Gasteiger charge is 2.33. The average molecular weight is 511 g/mol. The van der Waals surface area contributed by atoms with Crippen molar-refractivity contribution in [2.24, 2.45) is 11.7 Å². The summed E-state index contributed by atoms with van der Waals surface area (Å²) in [6, 6.07) is 0.571. The van der Waals surface area contributed by atoms with Crippen molar-refractivity contribution in [3.63, 3.8) is 0 Å². The number of aliphatic hydroxyl groups excluding tert-OH is 1. The third-order valence-corrected chi connectivity index (χ3v) is 5.31. The standard InChI is InChI=1S/C23H34N4O9/c1-11(2)18(22(34)27-19(12(3)28)23(35)36)26-21(33)16(10-13-4-6-14(29)7-5-13)25-20(32)15(24)8-9-17(30)31/h4-7,11-12,15-16,18-19,28-29H,8-10,24H2,1-3H3,(H,25,32)(H,26,33)(H,27,34)(H,30,31)(H,35,36). The lowest BCUT2D eigenvalue weighted by Crippen LogP contribution is -2.60. The zero-order chi connectivity index (χ0) is 27.6. The summed E-state index contributed by atoms with van der Waals surface area (Å²) in [5.41, 5.74) is 6.31. The number of amides is 3. The van der Waals surface area contributed by atoms with Gasteiger partial charge in [-0.3, -0.25) is 19.2 Å². The van der Waals surface area contributed by atoms with Gasteiger partial charge in [0.15, 0.2) is 6.04 Å². The van der Waals surface area contributed by atoms with E-state index in [9.17, 15) is 39.3 Å². The number of hydrogen-bond donors (Lipinski definition) is 8. The van der Waals surface area contributed by atoms with Gasteiger partial charge in [0.1, 0.15) is 17.8 Å². The number of carboxylic acids is 2. The van der Waals surface area contributed by atoms with Crippen LogP contribution in [-0.2, 0) is 30.4 Å². The molecule has 0 bridgehead atoms. The lowest BCUT2D eigenvalue weighted by molar-refractivity contribution is -0.145. The minimum Gasteiger partial charge on any atom is -0.508 e. The number of aliphatic carboxylic acids is 2. The first kappa shape index (κ1) is 30.3. The van der Waals surface area contributed by atoms with Gasteiger partial charge >= 0.3 is 11.9 Å². The van der Waals surface area contributed by atoms with Crippen molar-refractivity contribution < 1.29 is 44.4 Å². The maximum atomic E-state index is 13.2. The summed E-state index contributed by atoms with van der Waals surface area (Å²) in [4.78, 5) is 60.5. The lowest BCUT2D eigenvalue weighted by atomic mass is 10.00. The molecular weight excluding hydrogens is 476 g/mol. The van der Waals surface area contributed by atoms with E-state index in [-0.39, 0.29) is 25.0 Å². The highest BCUT2D eigenvalue weighted by atomic mass is 16.4. The topological polar surface area (TPSA) is 228 Å². The van der Waals surface area contributed by atoms with E-state index in [0.717, 1.165) is 0 Å². The van der Waals surface area contributed by atoms with Crippen LogP contribution in [0.15, 0.2) is 24.3 Å². The van der Waals surface area contributed by atoms with Gasteiger partial charge in [0, 0.05) is 12.8 Å². The van der Waals surface area contributed by atoms with E-state index in [0.29, 0.717) is 5.56 Å². The second kappa shape index (κ2) is 14.0. The Bertz CT molecular complexity index is 934. The van der Waals surface area contributed by atoms with Crippen LogP contribution in [0.25, 0.3) is 0 Å². The molecule has 1 rings (SSSR count). The minimum absolute atomic E-state index is 0.0119. The summed E-state index contributed by atoms with van der Waals surface area (Å²) in [7, 11) is 0. The quantitative estimate of drug-likeness (QED) is 0.147. The monoisotopic (exact) mass is 510 g/mol. The Labute approximate surface area is 208 Å². The van der Waals surface area contributed by atoms with Crippen LogP contribution in [0.2, 0.25) is 0 Å². The van der Waals surface area contributed by atoms with E-state index in [1.807, 2.05) is 0 Å². The number of aliphatic hydroxyl groups is 1. The van der Waals surface area contributed by atoms with Crippen LogP contribution in [0, 0.1) is 5.92 Å². The number of carbonyl (C=O) groups is 5. The summed E-state index contributed by atoms with van der Waals surface area (Å²) in [6.07, 6.45) is -1.97. The van der Waals surface area contributed by atoms with Crippen LogP contribution in [0.1, 0.15) is 39.2 Å². The van der Waals surface area contributed by atoms with Gasteiger partial charge in [-0.1, -0.05) is 26.0 Å². The SMILES string of the molecule is CC(C)C(NC(=O)C(Cc1ccc(O)cc1)NC(=O)C(N)CCC(=O)O)C(=O)NC(C(=O)O)C(C)O. The summed E-state index contributed by atoms with van der Waals surface area (Å²) in [5.74, 6) is -5.51. The van der Waals surface area contributed by atoms with Crippen molar-refractivity contribution in [3.05, 3.63) is 29.8 Å². The highest BCUT2D eigenvalue weighted by Crippen LogP contribution is 2.13. The highest BCUT2D eigenvalue weighted by molar-refractivity contribution is 5.94. The number of rotatable bonds is 14. The molecule has 0 aliphatic rings. The third kappa shape index (κ3) is 9.88. The number of aromatic hydroxyl groups is 1. The molecule has 0 aromatic heterocycles. The normalized spacial score (nSPS) is 15.2. The van der Waals surface area contributed by atoms with Crippen molar-refractivity contribution in [1.82, 2.24) is 16.0 Å². The molecule has 13 heteroatoms. The van der Waals surface area contributed by atoms with Gasteiger partial charge in [0.05, 0.1) is 12.1 Å². The number of benzene rings is 1. The van der Waals surface area contributed by atoms with Gasteiger partial charge in [-0.25, -0.2) is 4.79 Å². The van der Waals surface area contributed by atoms with Gasteiger partial charge in [0.25, 0.3) is 0 Å². The summed E-state index contributed by atoms with van der Waals surface area (Å²) < 4.78 is 0. The van der Waals surface area contributed by atoms with E-state index < -0.39 is 65.8 Å². The number of phenolic OH excluding ortho intramolecular Hbond substituents is 1. The maximum absolute atomic E-state index is 13.2. The Hall–Kier alpha value is -3.71. The van der Waals surface area contributed by atoms with Gasteiger partial charge in [-0.05, 0) is 37.0 Å². The van der Waals surface area contributed by atoms with Gasteiger partial charge in [0.2, 0.25) is 17.7 Å². The van der Waals surface area contributed by atoms with Crippen molar-refractivity contribution in [2.75, 3.05) is 0 Å². The third-order valence-electron chi connectivity index (χ3n) is 5.31. The Morgan fingerprint density at radius 2 is 1.42 bits per heavy atom. The van der Waals surface area contributed by atoms with Gasteiger partial charge in [-0.2, -0.15) is 0 Å². The van der Waals surface area contributed by atoms with Crippen LogP contribution < -0.4 is 21.7 Å². The maximum Gasteiger partial charge on any atom is 0.328 e. The first-order valence-electron chi connectivity index (χ1n) is 11.3. The molecule has 0 radical (unpaired) electrons. The second-order valence-electron chi connectivity index (χ2n) is 8.77. The van der Waals surface area contributed by atoms with E-state index in [1.165, 1.54) is 31.2 Å². The number of carbonyl (C=O) groups excluding carboxylic acids is 3. The fourth-order valence-corrected chi connectivity index (χ4v) is 3.19. The van der Waals surface area contributed by atoms with Crippen molar-refractivity contribution >= 4 is 29.7 Å². The summed E-state index contributed by atoms with van der Waals surface area (Å²) in [5, 5.41) is 44.3. The molecule has 9 N–H and O–H groups in total. The number of nitrogens with one attached hydrogen (secondary N) is 3. The fraction of sp³-hybridized carbons (Fsp3) is 0.522. The molecular formula is C23H34N4O9. The van der Waals surface area contributed by atoms with Gasteiger partial charge in [-0.15, -0.1) is 0 Å². The Morgan fingerprint density at radius 3 is 1.89 bits per heavy atom. The molecule has 5 unspecified atom stereocenters. The molecule has 1 aromatic carbocycles. The second-order valence-corrected chi connectivity index (χ2v) is 8.77. The van der Waals surface area contributed by atoms with E-state index in [1.54, 1.807) is 13.8 Å². The molecule has 0 saturated heterocycles. The van der Waals surface area contributed by atoms with E-state index >= 15 is 0 Å². The molecule has 0 saturated carbocycles. The first-order valence-corrected chi connectivity index (χ1v) is 11.3. The zero-order valence-corrected chi connectivity index (χ0v) is 20.3. The molecule has 1 aromatic rings. The van der Waals surface area contributed by atoms with Gasteiger partial charge < -0.3 is 42.1 Å². The smallest absolute Gasteiger partial charge is 0.328 e. The largest absolute Gasteiger partial charge is 0.508 e. The Morgan fingerprint density at radius 1 is 0.861 bits per heavy atom. The molecule has 200 valence electrons. The van der Waals surface area contributed by atoms with Crippen molar-refractivity contribution in [1.29, 1.82) is 0 Å². The predicted octanol–water partition coefficient (Wildman–Crippen LogP) is -1.30. The predicted molar refractivity (Wildman–Crippen MR) is 127 cm³/mol. The van der Waals surface area contributed by atoms with E-state index in [2.05, 4.69) is 16.0 Å². The number of hydrogen-bond acceptors (Lipinski definition) is 8. The lowest BCUT2D eigenvalue weighted by Gasteiger charge is -2.27. The molecule has 5 atom stereocenters. The number of phenols is 1. The van der Waals surface area contributed by atoms with Crippen molar-refractivity contribution in [2.45, 2.75) is 70.3 Å². The fourth-order valence-electron chi connectivity index (χ4n) is 3.19. The summed E-state index contributed by atoms with van der Waals surface area (Å²) in [6.45, 7) is 4.41. The minimum atomic E-state index is -1.60. The van der Waals surface area contributed by atoms with Crippen LogP contribution in [0.3, 0.4) is 0 Å². The molecule has 3 amide bonds. The van der Waals surface area contributed by atoms with E-state index in [4.69, 9.17) is 10.8 Å². The summed E-state index contributed by atoms with van der Waals surface area (Å²) >= 11 is 0.